The van der Waals surface area contributed by atoms with Crippen LogP contribution in [0.3, 0.4) is 0 Å². The lowest BCUT2D eigenvalue weighted by Gasteiger charge is -2.34. The molecule has 3 heterocycles. The number of carbonyl (C=O) groups excluding carboxylic acids is 1. The monoisotopic (exact) mass is 384 g/mol. The number of aryl methyl sites for hydroxylation is 2. The Hall–Kier alpha value is -2.38. The topological polar surface area (TPSA) is 49.3 Å². The Morgan fingerprint density at radius 1 is 1.15 bits per heavy atom. The van der Waals surface area contributed by atoms with Gasteiger partial charge in [-0.2, -0.15) is 0 Å². The van der Waals surface area contributed by atoms with Crippen molar-refractivity contribution in [2.75, 3.05) is 26.2 Å². The summed E-state index contributed by atoms with van der Waals surface area (Å²) in [6.07, 6.45) is 0. The summed E-state index contributed by atoms with van der Waals surface area (Å²) >= 11 is 1.66. The van der Waals surface area contributed by atoms with E-state index in [0.29, 0.717) is 35.2 Å². The number of halogens is 1. The molecule has 7 heteroatoms. The molecule has 27 heavy (non-hydrogen) atoms. The Morgan fingerprint density at radius 2 is 1.93 bits per heavy atom. The molecule has 0 unspecified atom stereocenters. The van der Waals surface area contributed by atoms with Gasteiger partial charge in [0, 0.05) is 55.3 Å². The summed E-state index contributed by atoms with van der Waals surface area (Å²) < 4.78 is 13.5. The number of fused-ring (bicyclic) bond motifs is 1. The highest BCUT2D eigenvalue weighted by atomic mass is 32.1. The molecular formula is C20H21FN4OS. The van der Waals surface area contributed by atoms with Crippen LogP contribution in [0.4, 0.5) is 4.39 Å². The van der Waals surface area contributed by atoms with Crippen LogP contribution in [0.1, 0.15) is 26.8 Å². The van der Waals surface area contributed by atoms with Crippen molar-refractivity contribution in [1.82, 2.24) is 19.8 Å². The maximum atomic E-state index is 13.5. The number of piperazine rings is 1. The molecule has 1 amide bonds. The molecule has 1 aromatic carbocycles. The number of rotatable bonds is 3. The van der Waals surface area contributed by atoms with Gasteiger partial charge in [-0.15, -0.1) is 11.3 Å². The fourth-order valence-corrected chi connectivity index (χ4v) is 4.10. The highest BCUT2D eigenvalue weighted by Crippen LogP contribution is 2.22. The third-order valence-electron chi connectivity index (χ3n) is 4.84. The third kappa shape index (κ3) is 3.84. The van der Waals surface area contributed by atoms with E-state index in [4.69, 9.17) is 0 Å². The van der Waals surface area contributed by atoms with Crippen LogP contribution < -0.4 is 0 Å². The van der Waals surface area contributed by atoms with Gasteiger partial charge in [0.2, 0.25) is 0 Å². The van der Waals surface area contributed by atoms with Crippen molar-refractivity contribution in [3.8, 4) is 0 Å². The molecule has 1 fully saturated rings. The highest BCUT2D eigenvalue weighted by molar-refractivity contribution is 7.09. The number of carbonyl (C=O) groups is 1. The van der Waals surface area contributed by atoms with E-state index >= 15 is 0 Å². The number of amides is 1. The van der Waals surface area contributed by atoms with E-state index in [1.54, 1.807) is 23.5 Å². The molecule has 1 aliphatic rings. The number of hydrogen-bond donors (Lipinski definition) is 0. The van der Waals surface area contributed by atoms with Gasteiger partial charge in [0.1, 0.15) is 5.82 Å². The van der Waals surface area contributed by atoms with Crippen molar-refractivity contribution < 1.29 is 9.18 Å². The first kappa shape index (κ1) is 18.0. The van der Waals surface area contributed by atoms with Gasteiger partial charge in [0.25, 0.3) is 5.91 Å². The molecule has 2 aromatic heterocycles. The summed E-state index contributed by atoms with van der Waals surface area (Å²) in [5.41, 5.74) is 2.93. The van der Waals surface area contributed by atoms with Crippen molar-refractivity contribution in [2.45, 2.75) is 20.4 Å². The zero-order chi connectivity index (χ0) is 19.0. The van der Waals surface area contributed by atoms with E-state index in [9.17, 15) is 9.18 Å². The number of hydrogen-bond acceptors (Lipinski definition) is 5. The minimum atomic E-state index is -0.343. The fraction of sp³-hybridized carbons (Fsp3) is 0.350. The van der Waals surface area contributed by atoms with E-state index in [0.717, 1.165) is 30.3 Å². The first-order valence-corrected chi connectivity index (χ1v) is 9.87. The fourth-order valence-electron chi connectivity index (χ4n) is 3.50. The standard InChI is InChI=1S/C20H21FN4OS/c1-13-9-18(17-4-3-15(21)10-19(17)22-13)20(26)25-7-5-24(6-8-25)11-16-12-27-14(2)23-16/h3-4,9-10,12H,5-8,11H2,1-2H3. The summed E-state index contributed by atoms with van der Waals surface area (Å²) in [5, 5.41) is 3.88. The van der Waals surface area contributed by atoms with Crippen LogP contribution in [0.15, 0.2) is 29.6 Å². The van der Waals surface area contributed by atoms with Gasteiger partial charge in [-0.3, -0.25) is 14.7 Å². The highest BCUT2D eigenvalue weighted by Gasteiger charge is 2.24. The molecule has 0 aliphatic carbocycles. The lowest BCUT2D eigenvalue weighted by Crippen LogP contribution is -2.48. The average molecular weight is 384 g/mol. The minimum Gasteiger partial charge on any atom is -0.336 e. The van der Waals surface area contributed by atoms with Crippen LogP contribution in [0, 0.1) is 19.7 Å². The predicted molar refractivity (Wildman–Crippen MR) is 104 cm³/mol. The number of thiazole rings is 1. The Bertz CT molecular complexity index is 990. The number of benzene rings is 1. The second-order valence-electron chi connectivity index (χ2n) is 6.90. The Balaban J connectivity index is 1.49. The molecule has 1 aliphatic heterocycles. The molecule has 4 rings (SSSR count). The second-order valence-corrected chi connectivity index (χ2v) is 7.96. The van der Waals surface area contributed by atoms with Crippen molar-refractivity contribution in [1.29, 1.82) is 0 Å². The zero-order valence-electron chi connectivity index (χ0n) is 15.4. The summed E-state index contributed by atoms with van der Waals surface area (Å²) in [7, 11) is 0. The smallest absolute Gasteiger partial charge is 0.254 e. The Morgan fingerprint density at radius 3 is 2.63 bits per heavy atom. The molecule has 3 aromatic rings. The molecule has 0 N–H and O–H groups in total. The maximum Gasteiger partial charge on any atom is 0.254 e. The molecule has 0 spiro atoms. The molecule has 0 saturated carbocycles. The van der Waals surface area contributed by atoms with E-state index in [1.807, 2.05) is 18.7 Å². The normalized spacial score (nSPS) is 15.4. The molecule has 140 valence electrons. The number of nitrogens with zero attached hydrogens (tertiary/aromatic N) is 4. The van der Waals surface area contributed by atoms with E-state index < -0.39 is 0 Å². The van der Waals surface area contributed by atoms with Gasteiger partial charge in [-0.1, -0.05) is 0 Å². The summed E-state index contributed by atoms with van der Waals surface area (Å²) in [5.74, 6) is -0.355. The van der Waals surface area contributed by atoms with Crippen LogP contribution in [0.5, 0.6) is 0 Å². The van der Waals surface area contributed by atoms with Crippen molar-refractivity contribution in [3.05, 3.63) is 57.4 Å². The van der Waals surface area contributed by atoms with Crippen LogP contribution in [-0.4, -0.2) is 51.9 Å². The molecular weight excluding hydrogens is 363 g/mol. The van der Waals surface area contributed by atoms with Gasteiger partial charge in [-0.05, 0) is 32.0 Å². The van der Waals surface area contributed by atoms with Gasteiger partial charge < -0.3 is 4.90 Å². The molecule has 0 atom stereocenters. The molecule has 5 nitrogen and oxygen atoms in total. The van der Waals surface area contributed by atoms with Gasteiger partial charge >= 0.3 is 0 Å². The quantitative estimate of drug-likeness (QED) is 0.694. The molecule has 0 bridgehead atoms. The van der Waals surface area contributed by atoms with E-state index in [-0.39, 0.29) is 11.7 Å². The first-order valence-electron chi connectivity index (χ1n) is 8.99. The first-order chi connectivity index (χ1) is 13.0. The number of aromatic nitrogens is 2. The molecule has 0 radical (unpaired) electrons. The molecule has 1 saturated heterocycles. The largest absolute Gasteiger partial charge is 0.336 e. The van der Waals surface area contributed by atoms with Crippen LogP contribution in [0.25, 0.3) is 10.9 Å². The average Bonchev–Trinajstić information content (AvgIpc) is 3.05. The van der Waals surface area contributed by atoms with Crippen molar-refractivity contribution in [2.24, 2.45) is 0 Å². The second kappa shape index (κ2) is 7.32. The lowest BCUT2D eigenvalue weighted by atomic mass is 10.1. The van der Waals surface area contributed by atoms with Gasteiger partial charge in [0.05, 0.1) is 21.8 Å². The van der Waals surface area contributed by atoms with Crippen molar-refractivity contribution in [3.63, 3.8) is 0 Å². The Labute approximate surface area is 161 Å². The van der Waals surface area contributed by atoms with Gasteiger partial charge in [-0.25, -0.2) is 9.37 Å². The van der Waals surface area contributed by atoms with Crippen LogP contribution in [0.2, 0.25) is 0 Å². The summed E-state index contributed by atoms with van der Waals surface area (Å²) in [4.78, 5) is 26.2. The third-order valence-corrected chi connectivity index (χ3v) is 5.66. The maximum absolute atomic E-state index is 13.5. The summed E-state index contributed by atoms with van der Waals surface area (Å²) in [6, 6.07) is 6.20. The predicted octanol–water partition coefficient (Wildman–Crippen LogP) is 3.41. The van der Waals surface area contributed by atoms with Gasteiger partial charge in [0.15, 0.2) is 0 Å². The summed E-state index contributed by atoms with van der Waals surface area (Å²) in [6.45, 7) is 7.64. The van der Waals surface area contributed by atoms with E-state index in [1.165, 1.54) is 12.1 Å². The number of pyridine rings is 1. The lowest BCUT2D eigenvalue weighted by molar-refractivity contribution is 0.0629. The zero-order valence-corrected chi connectivity index (χ0v) is 16.2. The van der Waals surface area contributed by atoms with Crippen molar-refractivity contribution >= 4 is 28.1 Å². The SMILES string of the molecule is Cc1cc(C(=O)N2CCN(Cc3csc(C)n3)CC2)c2ccc(F)cc2n1. The van der Waals surface area contributed by atoms with Crippen LogP contribution in [-0.2, 0) is 6.54 Å². The Kier molecular flexibility index (Phi) is 4.88. The minimum absolute atomic E-state index is 0.0127. The van der Waals surface area contributed by atoms with E-state index in [2.05, 4.69) is 20.2 Å². The van der Waals surface area contributed by atoms with Crippen LogP contribution >= 0.6 is 11.3 Å².